The number of nitrogens with zero attached hydrogens (tertiary/aromatic N) is 3. The Morgan fingerprint density at radius 3 is 2.31 bits per heavy atom. The summed E-state index contributed by atoms with van der Waals surface area (Å²) in [6, 6.07) is 16.8. The summed E-state index contributed by atoms with van der Waals surface area (Å²) in [5.74, 6) is 0.342. The second-order valence-electron chi connectivity index (χ2n) is 8.34. The molecular weight excluding hydrogens is 447 g/mol. The lowest BCUT2D eigenvalue weighted by atomic mass is 9.96. The van der Waals surface area contributed by atoms with Gasteiger partial charge < -0.3 is 19.4 Å². The molecule has 0 unspecified atom stereocenters. The van der Waals surface area contributed by atoms with E-state index >= 15 is 0 Å². The largest absolute Gasteiger partial charge is 0.457 e. The van der Waals surface area contributed by atoms with Gasteiger partial charge in [0.05, 0.1) is 17.9 Å². The summed E-state index contributed by atoms with van der Waals surface area (Å²) in [7, 11) is 1.85. The molecule has 2 heterocycles. The van der Waals surface area contributed by atoms with Crippen LogP contribution in [0.3, 0.4) is 0 Å². The number of imidazole rings is 1. The highest BCUT2D eigenvalue weighted by molar-refractivity contribution is 5.95. The minimum Gasteiger partial charge on any atom is -0.457 e. The molecule has 0 spiro atoms. The van der Waals surface area contributed by atoms with Crippen molar-refractivity contribution < 1.29 is 18.7 Å². The van der Waals surface area contributed by atoms with Crippen LogP contribution in [0.15, 0.2) is 79.4 Å². The molecule has 2 aromatic heterocycles. The van der Waals surface area contributed by atoms with Crippen molar-refractivity contribution in [3.05, 3.63) is 90.9 Å². The van der Waals surface area contributed by atoms with Crippen LogP contribution in [0.4, 0.5) is 10.2 Å². The average molecular weight is 473 g/mol. The monoisotopic (exact) mass is 472 g/mol. The zero-order valence-corrected chi connectivity index (χ0v) is 19.4. The van der Waals surface area contributed by atoms with Crippen LogP contribution in [0.1, 0.15) is 19.0 Å². The lowest BCUT2D eigenvalue weighted by Crippen LogP contribution is -2.27. The van der Waals surface area contributed by atoms with Crippen LogP contribution >= 0.6 is 0 Å². The Morgan fingerprint density at radius 2 is 1.69 bits per heavy atom. The number of Topliss-reactive ketones (excluding diaryl/α,β-unsaturated/α-hetero) is 1. The zero-order chi connectivity index (χ0) is 24.8. The fourth-order valence-corrected chi connectivity index (χ4v) is 3.69. The van der Waals surface area contributed by atoms with Crippen LogP contribution in [0.2, 0.25) is 0 Å². The molecule has 4 aromatic rings. The Balaban J connectivity index is 1.45. The van der Waals surface area contributed by atoms with Gasteiger partial charge in [-0.1, -0.05) is 12.1 Å². The number of hydrogen-bond acceptors (Lipinski definition) is 5. The maximum absolute atomic E-state index is 13.1. The quantitative estimate of drug-likeness (QED) is 0.362. The average Bonchev–Trinajstić information content (AvgIpc) is 3.25. The van der Waals surface area contributed by atoms with Crippen molar-refractivity contribution in [2.75, 3.05) is 5.32 Å². The molecule has 1 amide bonds. The molecule has 7 nitrogen and oxygen atoms in total. The third-order valence-corrected chi connectivity index (χ3v) is 5.37. The predicted molar refractivity (Wildman–Crippen MR) is 130 cm³/mol. The van der Waals surface area contributed by atoms with E-state index in [4.69, 9.17) is 4.74 Å². The van der Waals surface area contributed by atoms with Crippen molar-refractivity contribution >= 4 is 17.5 Å². The van der Waals surface area contributed by atoms with Crippen molar-refractivity contribution in [1.29, 1.82) is 0 Å². The van der Waals surface area contributed by atoms with Crippen molar-refractivity contribution in [2.24, 2.45) is 13.0 Å². The van der Waals surface area contributed by atoms with E-state index in [0.29, 0.717) is 23.7 Å². The van der Waals surface area contributed by atoms with Gasteiger partial charge in [-0.2, -0.15) is 0 Å². The molecule has 1 atom stereocenters. The van der Waals surface area contributed by atoms with Gasteiger partial charge >= 0.3 is 0 Å². The molecular formula is C27H25FN4O3. The van der Waals surface area contributed by atoms with E-state index in [1.54, 1.807) is 35.3 Å². The van der Waals surface area contributed by atoms with E-state index in [2.05, 4.69) is 15.3 Å². The molecule has 0 saturated heterocycles. The van der Waals surface area contributed by atoms with E-state index in [1.165, 1.54) is 19.1 Å². The highest BCUT2D eigenvalue weighted by Gasteiger charge is 2.22. The number of nitrogens with one attached hydrogen (secondary N) is 1. The molecule has 4 rings (SSSR count). The highest BCUT2D eigenvalue weighted by Crippen LogP contribution is 2.27. The molecule has 8 heteroatoms. The number of ketones is 1. The third kappa shape index (κ3) is 6.60. The summed E-state index contributed by atoms with van der Waals surface area (Å²) in [4.78, 5) is 33.3. The predicted octanol–water partition coefficient (Wildman–Crippen LogP) is 5.19. The molecule has 2 aromatic carbocycles. The van der Waals surface area contributed by atoms with Crippen molar-refractivity contribution in [2.45, 2.75) is 19.8 Å². The zero-order valence-electron chi connectivity index (χ0n) is 19.4. The maximum Gasteiger partial charge on any atom is 0.229 e. The molecule has 0 saturated carbocycles. The van der Waals surface area contributed by atoms with E-state index < -0.39 is 5.92 Å². The van der Waals surface area contributed by atoms with Gasteiger partial charge in [-0.3, -0.25) is 4.79 Å². The molecule has 0 aliphatic carbocycles. The number of carbonyl (C=O) groups excluding carboxylic acids is 2. The SMILES string of the molecule is CC(=O)C[C@@H](Cc1cn(C)cn1)C(=O)Nc1cc(-c2ccc(Oc3ccc(F)cc3)cc2)ccn1. The minimum atomic E-state index is -0.546. The van der Waals surface area contributed by atoms with Crippen molar-refractivity contribution in [3.63, 3.8) is 0 Å². The van der Waals surface area contributed by atoms with E-state index in [0.717, 1.165) is 16.8 Å². The normalized spacial score (nSPS) is 11.6. The van der Waals surface area contributed by atoms with Gasteiger partial charge in [0.1, 0.15) is 28.9 Å². The maximum atomic E-state index is 13.1. The minimum absolute atomic E-state index is 0.0641. The summed E-state index contributed by atoms with van der Waals surface area (Å²) in [6.07, 6.45) is 5.60. The first-order chi connectivity index (χ1) is 16.9. The first-order valence-corrected chi connectivity index (χ1v) is 11.1. The number of halogens is 1. The number of aryl methyl sites for hydroxylation is 1. The molecule has 0 aliphatic rings. The Kier molecular flexibility index (Phi) is 7.30. The molecule has 0 fully saturated rings. The number of anilines is 1. The van der Waals surface area contributed by atoms with Gasteiger partial charge in [-0.25, -0.2) is 14.4 Å². The standard InChI is InChI=1S/C27H25FN4O3/c1-18(33)13-21(14-23-16-32(2)17-30-23)27(34)31-26-15-20(11-12-29-26)19-3-7-24(8-4-19)35-25-9-5-22(28)6-10-25/h3-12,15-17,21H,13-14H2,1-2H3,(H,29,31,34)/t21-/m0/s1. The number of rotatable bonds is 9. The van der Waals surface area contributed by atoms with E-state index in [-0.39, 0.29) is 23.9 Å². The van der Waals surface area contributed by atoms with Gasteiger partial charge in [-0.15, -0.1) is 0 Å². The number of aromatic nitrogens is 3. The van der Waals surface area contributed by atoms with Gasteiger partial charge in [0.2, 0.25) is 5.91 Å². The molecule has 0 aliphatic heterocycles. The Hall–Kier alpha value is -4.33. The van der Waals surface area contributed by atoms with Crippen LogP contribution in [-0.4, -0.2) is 26.2 Å². The smallest absolute Gasteiger partial charge is 0.229 e. The van der Waals surface area contributed by atoms with Crippen LogP contribution < -0.4 is 10.1 Å². The molecule has 178 valence electrons. The number of hydrogen-bond donors (Lipinski definition) is 1. The van der Waals surface area contributed by atoms with Crippen LogP contribution in [-0.2, 0) is 23.1 Å². The van der Waals surface area contributed by atoms with Crippen molar-refractivity contribution in [1.82, 2.24) is 14.5 Å². The van der Waals surface area contributed by atoms with Crippen molar-refractivity contribution in [3.8, 4) is 22.6 Å². The fraction of sp³-hybridized carbons (Fsp3) is 0.185. The highest BCUT2D eigenvalue weighted by atomic mass is 19.1. The molecule has 0 bridgehead atoms. The fourth-order valence-electron chi connectivity index (χ4n) is 3.69. The second kappa shape index (κ2) is 10.7. The third-order valence-electron chi connectivity index (χ3n) is 5.37. The summed E-state index contributed by atoms with van der Waals surface area (Å²) >= 11 is 0. The Bertz CT molecular complexity index is 1320. The van der Waals surface area contributed by atoms with Gasteiger partial charge in [-0.05, 0) is 66.6 Å². The number of benzene rings is 2. The topological polar surface area (TPSA) is 86.1 Å². The summed E-state index contributed by atoms with van der Waals surface area (Å²) < 4.78 is 20.6. The van der Waals surface area contributed by atoms with Gasteiger partial charge in [0.15, 0.2) is 0 Å². The molecule has 1 N–H and O–H groups in total. The van der Waals surface area contributed by atoms with Crippen LogP contribution in [0.5, 0.6) is 11.5 Å². The first kappa shape index (κ1) is 23.8. The lowest BCUT2D eigenvalue weighted by molar-refractivity contribution is -0.125. The van der Waals surface area contributed by atoms with Gasteiger partial charge in [0, 0.05) is 32.3 Å². The van der Waals surface area contributed by atoms with Crippen LogP contribution in [0.25, 0.3) is 11.1 Å². The number of ether oxygens (including phenoxy) is 1. The number of pyridine rings is 1. The van der Waals surface area contributed by atoms with E-state index in [9.17, 15) is 14.0 Å². The molecule has 0 radical (unpaired) electrons. The summed E-state index contributed by atoms with van der Waals surface area (Å²) in [5.41, 5.74) is 2.51. The Morgan fingerprint density at radius 1 is 1.00 bits per heavy atom. The second-order valence-corrected chi connectivity index (χ2v) is 8.34. The van der Waals surface area contributed by atoms with E-state index in [1.807, 2.05) is 43.6 Å². The summed E-state index contributed by atoms with van der Waals surface area (Å²) in [5, 5.41) is 2.84. The lowest BCUT2D eigenvalue weighted by Gasteiger charge is -2.15. The first-order valence-electron chi connectivity index (χ1n) is 11.1. The molecule has 35 heavy (non-hydrogen) atoms. The Labute approximate surface area is 202 Å². The number of amides is 1. The number of carbonyl (C=O) groups is 2. The van der Waals surface area contributed by atoms with Crippen LogP contribution in [0, 0.1) is 11.7 Å². The summed E-state index contributed by atoms with van der Waals surface area (Å²) in [6.45, 7) is 1.47. The van der Waals surface area contributed by atoms with Gasteiger partial charge in [0.25, 0.3) is 0 Å².